The molecule has 1 aromatic rings. The second-order valence-electron chi connectivity index (χ2n) is 7.73. The predicted octanol–water partition coefficient (Wildman–Crippen LogP) is 2.53. The maximum absolute atomic E-state index is 13.0. The molecule has 0 radical (unpaired) electrons. The fraction of sp³-hybridized carbons (Fsp3) is 0.579. The molecule has 0 saturated carbocycles. The van der Waals surface area contributed by atoms with Crippen LogP contribution in [0.5, 0.6) is 5.75 Å². The highest BCUT2D eigenvalue weighted by atomic mass is 19.1. The van der Waals surface area contributed by atoms with E-state index in [0.29, 0.717) is 44.0 Å². The first-order valence-corrected chi connectivity index (χ1v) is 9.35. The lowest BCUT2D eigenvalue weighted by Crippen LogP contribution is -2.37. The van der Waals surface area contributed by atoms with Crippen molar-refractivity contribution in [1.29, 1.82) is 0 Å². The Hall–Kier alpha value is -2.91. The van der Waals surface area contributed by atoms with E-state index in [9.17, 15) is 14.0 Å². The molecule has 0 aromatic carbocycles. The number of hydrogen-bond acceptors (Lipinski definition) is 7. The number of nitrogens with zero attached hydrogens (tertiary/aromatic N) is 3. The molecule has 10 heteroatoms. The van der Waals surface area contributed by atoms with E-state index in [2.05, 4.69) is 15.3 Å². The van der Waals surface area contributed by atoms with Gasteiger partial charge in [0.2, 0.25) is 5.95 Å². The molecule has 1 aliphatic rings. The molecule has 0 unspecified atom stereocenters. The monoisotopic (exact) mass is 410 g/mol. The summed E-state index contributed by atoms with van der Waals surface area (Å²) in [5.74, 6) is -0.249. The summed E-state index contributed by atoms with van der Waals surface area (Å²) in [6.45, 7) is 6.21. The smallest absolute Gasteiger partial charge is 0.407 e. The quantitative estimate of drug-likeness (QED) is 0.705. The Morgan fingerprint density at radius 3 is 2.45 bits per heavy atom. The Kier molecular flexibility index (Phi) is 7.74. The summed E-state index contributed by atoms with van der Waals surface area (Å²) < 4.78 is 23.6. The zero-order chi connectivity index (χ0) is 21.4. The Balaban J connectivity index is 1.79. The Bertz CT molecular complexity index is 725. The highest BCUT2D eigenvalue weighted by molar-refractivity contribution is 5.70. The number of ether oxygens (including phenoxy) is 2. The number of aromatic nitrogens is 2. The summed E-state index contributed by atoms with van der Waals surface area (Å²) in [6.07, 6.45) is 3.78. The van der Waals surface area contributed by atoms with Crippen molar-refractivity contribution in [2.45, 2.75) is 39.2 Å². The second-order valence-corrected chi connectivity index (χ2v) is 7.73. The van der Waals surface area contributed by atoms with E-state index in [4.69, 9.17) is 14.6 Å². The van der Waals surface area contributed by atoms with Crippen molar-refractivity contribution in [3.63, 3.8) is 0 Å². The summed E-state index contributed by atoms with van der Waals surface area (Å²) >= 11 is 0. The number of carboxylic acid groups (broad SMARTS) is 1. The van der Waals surface area contributed by atoms with Gasteiger partial charge in [0, 0.05) is 25.2 Å². The normalized spacial score (nSPS) is 15.7. The average molecular weight is 410 g/mol. The van der Waals surface area contributed by atoms with Crippen LogP contribution in [0.2, 0.25) is 0 Å². The number of alkyl carbamates (subject to hydrolysis) is 1. The van der Waals surface area contributed by atoms with Crippen LogP contribution in [0.1, 0.15) is 33.6 Å². The molecule has 0 spiro atoms. The Morgan fingerprint density at radius 2 is 1.93 bits per heavy atom. The van der Waals surface area contributed by atoms with Gasteiger partial charge in [-0.1, -0.05) is 0 Å². The number of halogens is 1. The fourth-order valence-electron chi connectivity index (χ4n) is 2.67. The number of rotatable bonds is 7. The van der Waals surface area contributed by atoms with E-state index in [-0.39, 0.29) is 24.6 Å². The van der Waals surface area contributed by atoms with Crippen molar-refractivity contribution in [3.8, 4) is 5.75 Å². The number of carboxylic acids is 1. The molecule has 2 heterocycles. The molecule has 29 heavy (non-hydrogen) atoms. The predicted molar refractivity (Wildman–Crippen MR) is 104 cm³/mol. The molecule has 2 rings (SSSR count). The minimum Gasteiger partial charge on any atom is -0.486 e. The first-order chi connectivity index (χ1) is 13.7. The van der Waals surface area contributed by atoms with Gasteiger partial charge in [-0.05, 0) is 33.6 Å². The Labute approximate surface area is 168 Å². The number of carbonyl (C=O) groups excluding carboxylic acids is 1. The van der Waals surface area contributed by atoms with Crippen LogP contribution < -0.4 is 15.0 Å². The molecule has 1 amide bonds. The largest absolute Gasteiger partial charge is 0.486 e. The van der Waals surface area contributed by atoms with Gasteiger partial charge in [0.25, 0.3) is 0 Å². The van der Waals surface area contributed by atoms with E-state index in [1.165, 1.54) is 12.4 Å². The summed E-state index contributed by atoms with van der Waals surface area (Å²) in [5, 5.41) is 11.5. The third-order valence-electron chi connectivity index (χ3n) is 4.18. The first-order valence-electron chi connectivity index (χ1n) is 9.35. The van der Waals surface area contributed by atoms with Crippen molar-refractivity contribution in [1.82, 2.24) is 15.3 Å². The second kappa shape index (κ2) is 10.0. The van der Waals surface area contributed by atoms with Crippen molar-refractivity contribution in [2.24, 2.45) is 5.92 Å². The van der Waals surface area contributed by atoms with Gasteiger partial charge in [0.1, 0.15) is 12.2 Å². The molecule has 0 atom stereocenters. The number of carbonyl (C=O) groups is 2. The molecule has 9 nitrogen and oxygen atoms in total. The zero-order valence-electron chi connectivity index (χ0n) is 16.9. The first kappa shape index (κ1) is 22.4. The van der Waals surface area contributed by atoms with E-state index in [0.717, 1.165) is 0 Å². The lowest BCUT2D eigenvalue weighted by molar-refractivity contribution is -0.142. The van der Waals surface area contributed by atoms with Crippen molar-refractivity contribution >= 4 is 18.0 Å². The molecule has 1 aliphatic heterocycles. The molecule has 0 aliphatic carbocycles. The summed E-state index contributed by atoms with van der Waals surface area (Å²) in [6, 6.07) is 0. The molecular weight excluding hydrogens is 383 g/mol. The van der Waals surface area contributed by atoms with Crippen LogP contribution >= 0.6 is 0 Å². The standard InChI is InChI=1S/C19H27FN4O5/c1-19(2,3)29-18(27)23-9-13(8-20)12-28-15-10-21-17(22-11-15)24-6-4-14(5-7-24)16(25)26/h8,10-11,14H,4-7,9,12H2,1-3H3,(H,23,27)(H,25,26)/b13-8+. The van der Waals surface area contributed by atoms with Gasteiger partial charge in [-0.2, -0.15) is 0 Å². The van der Waals surface area contributed by atoms with Crippen molar-refractivity contribution < 1.29 is 28.6 Å². The lowest BCUT2D eigenvalue weighted by atomic mass is 9.97. The van der Waals surface area contributed by atoms with Gasteiger partial charge in [-0.15, -0.1) is 0 Å². The topological polar surface area (TPSA) is 114 Å². The van der Waals surface area contributed by atoms with Gasteiger partial charge in [-0.3, -0.25) is 4.79 Å². The minimum atomic E-state index is -0.771. The molecule has 1 aromatic heterocycles. The average Bonchev–Trinajstić information content (AvgIpc) is 2.67. The van der Waals surface area contributed by atoms with Crippen molar-refractivity contribution in [2.75, 3.05) is 31.1 Å². The highest BCUT2D eigenvalue weighted by Gasteiger charge is 2.25. The van der Waals surface area contributed by atoms with Gasteiger partial charge in [-0.25, -0.2) is 19.2 Å². The Morgan fingerprint density at radius 1 is 1.31 bits per heavy atom. The van der Waals surface area contributed by atoms with Crippen LogP contribution in [0.4, 0.5) is 15.1 Å². The maximum Gasteiger partial charge on any atom is 0.407 e. The molecule has 1 fully saturated rings. The van der Waals surface area contributed by atoms with Crippen LogP contribution in [0.25, 0.3) is 0 Å². The van der Waals surface area contributed by atoms with Crippen molar-refractivity contribution in [3.05, 3.63) is 24.3 Å². The number of nitrogens with one attached hydrogen (secondary N) is 1. The number of aliphatic carboxylic acids is 1. The van der Waals surface area contributed by atoms with Crippen LogP contribution in [-0.2, 0) is 9.53 Å². The summed E-state index contributed by atoms with van der Waals surface area (Å²) in [5.41, 5.74) is -0.419. The molecule has 0 bridgehead atoms. The minimum absolute atomic E-state index is 0.0527. The van der Waals surface area contributed by atoms with Gasteiger partial charge in [0.15, 0.2) is 5.75 Å². The van der Waals surface area contributed by atoms with Gasteiger partial charge >= 0.3 is 12.1 Å². The lowest BCUT2D eigenvalue weighted by Gasteiger charge is -2.29. The van der Waals surface area contributed by atoms with E-state index in [1.807, 2.05) is 4.90 Å². The van der Waals surface area contributed by atoms with Crippen LogP contribution in [0.3, 0.4) is 0 Å². The maximum atomic E-state index is 13.0. The summed E-state index contributed by atoms with van der Waals surface area (Å²) in [4.78, 5) is 33.0. The summed E-state index contributed by atoms with van der Waals surface area (Å²) in [7, 11) is 0. The molecule has 2 N–H and O–H groups in total. The SMILES string of the molecule is CC(C)(C)OC(=O)NC/C(=C\F)COc1cnc(N2CCC(C(=O)O)CC2)nc1. The van der Waals surface area contributed by atoms with Crippen LogP contribution in [-0.4, -0.2) is 59.0 Å². The third kappa shape index (κ3) is 7.55. The fourth-order valence-corrected chi connectivity index (χ4v) is 2.67. The number of hydrogen-bond donors (Lipinski definition) is 2. The third-order valence-corrected chi connectivity index (χ3v) is 4.18. The molecule has 1 saturated heterocycles. The van der Waals surface area contributed by atoms with Crippen LogP contribution in [0.15, 0.2) is 24.3 Å². The number of amides is 1. The highest BCUT2D eigenvalue weighted by Crippen LogP contribution is 2.21. The van der Waals surface area contributed by atoms with Gasteiger partial charge < -0.3 is 24.8 Å². The number of piperidine rings is 1. The van der Waals surface area contributed by atoms with E-state index < -0.39 is 17.7 Å². The molecular formula is C19H27FN4O5. The van der Waals surface area contributed by atoms with E-state index in [1.54, 1.807) is 20.8 Å². The number of anilines is 1. The molecule has 160 valence electrons. The van der Waals surface area contributed by atoms with E-state index >= 15 is 0 Å². The van der Waals surface area contributed by atoms with Crippen LogP contribution in [0, 0.1) is 5.92 Å². The van der Waals surface area contributed by atoms with Gasteiger partial charge in [0.05, 0.1) is 24.6 Å². The zero-order valence-corrected chi connectivity index (χ0v) is 16.9.